The van der Waals surface area contributed by atoms with E-state index in [1.165, 1.54) is 23.6 Å². The highest BCUT2D eigenvalue weighted by atomic mass is 32.2. The number of methoxy groups -OCH3 is 1. The predicted molar refractivity (Wildman–Crippen MR) is 61.7 cm³/mol. The maximum Gasteiger partial charge on any atom is 0.327 e. The first-order valence-electron chi connectivity index (χ1n) is 5.31. The molecule has 0 unspecified atom stereocenters. The van der Waals surface area contributed by atoms with E-state index in [0.717, 1.165) is 25.4 Å². The first-order chi connectivity index (χ1) is 8.27. The molecule has 0 spiro atoms. The molecule has 1 heterocycles. The summed E-state index contributed by atoms with van der Waals surface area (Å²) < 4.78 is 11.2. The minimum Gasteiger partial charge on any atom is -0.468 e. The van der Waals surface area contributed by atoms with Crippen molar-refractivity contribution in [2.75, 3.05) is 26.1 Å². The zero-order valence-corrected chi connectivity index (χ0v) is 10.8. The molecule has 0 amide bonds. The average molecular weight is 260 g/mol. The van der Waals surface area contributed by atoms with Gasteiger partial charge in [0.1, 0.15) is 6.54 Å². The van der Waals surface area contributed by atoms with Crippen LogP contribution in [-0.2, 0) is 20.8 Å². The Hall–Kier alpha value is -1.15. The number of hydrogen-bond acceptors (Lipinski definition) is 7. The van der Waals surface area contributed by atoms with Crippen LogP contribution in [0, 0.1) is 0 Å². The highest BCUT2D eigenvalue weighted by molar-refractivity contribution is 7.99. The lowest BCUT2D eigenvalue weighted by Crippen LogP contribution is -2.13. The second-order valence-electron chi connectivity index (χ2n) is 3.09. The summed E-state index contributed by atoms with van der Waals surface area (Å²) in [6, 6.07) is 0. The Morgan fingerprint density at radius 1 is 1.53 bits per heavy atom. The molecule has 1 aromatic rings. The Morgan fingerprint density at radius 3 is 3.06 bits per heavy atom. The molecule has 0 bridgehead atoms. The Balaban J connectivity index is 2.33. The number of nitrogens with zero attached hydrogens (tertiary/aromatic N) is 4. The first-order valence-corrected chi connectivity index (χ1v) is 6.30. The van der Waals surface area contributed by atoms with E-state index in [1.54, 1.807) is 0 Å². The third kappa shape index (κ3) is 5.14. The van der Waals surface area contributed by atoms with Crippen LogP contribution in [0.5, 0.6) is 0 Å². The SMILES string of the molecule is CCOCCCSc1nnnn1CC(=O)OC. The lowest BCUT2D eigenvalue weighted by molar-refractivity contribution is -0.141. The van der Waals surface area contributed by atoms with Gasteiger partial charge in [0.2, 0.25) is 5.16 Å². The maximum absolute atomic E-state index is 11.1. The van der Waals surface area contributed by atoms with Crippen molar-refractivity contribution in [3.05, 3.63) is 0 Å². The van der Waals surface area contributed by atoms with Crippen molar-refractivity contribution in [3.8, 4) is 0 Å². The average Bonchev–Trinajstić information content (AvgIpc) is 2.76. The van der Waals surface area contributed by atoms with Crippen molar-refractivity contribution in [2.24, 2.45) is 0 Å². The molecule has 0 saturated heterocycles. The number of esters is 1. The van der Waals surface area contributed by atoms with Gasteiger partial charge in [-0.2, -0.15) is 0 Å². The number of thioether (sulfide) groups is 1. The molecule has 1 aromatic heterocycles. The van der Waals surface area contributed by atoms with Crippen LogP contribution in [0.2, 0.25) is 0 Å². The number of hydrogen-bond donors (Lipinski definition) is 0. The van der Waals surface area contributed by atoms with Gasteiger partial charge in [0, 0.05) is 19.0 Å². The fraction of sp³-hybridized carbons (Fsp3) is 0.778. The molecule has 1 rings (SSSR count). The van der Waals surface area contributed by atoms with E-state index in [-0.39, 0.29) is 12.5 Å². The molecule has 0 fully saturated rings. The van der Waals surface area contributed by atoms with Crippen molar-refractivity contribution in [1.82, 2.24) is 20.2 Å². The van der Waals surface area contributed by atoms with Gasteiger partial charge in [-0.25, -0.2) is 4.68 Å². The van der Waals surface area contributed by atoms with E-state index in [2.05, 4.69) is 20.3 Å². The van der Waals surface area contributed by atoms with Gasteiger partial charge in [-0.05, 0) is 23.8 Å². The Morgan fingerprint density at radius 2 is 2.35 bits per heavy atom. The number of tetrazole rings is 1. The standard InChI is InChI=1S/C9H16N4O3S/c1-3-16-5-4-6-17-9-10-11-12-13(9)7-8(14)15-2/h3-7H2,1-2H3. The second-order valence-corrected chi connectivity index (χ2v) is 4.16. The molecule has 17 heavy (non-hydrogen) atoms. The third-order valence-corrected chi connectivity index (χ3v) is 2.92. The maximum atomic E-state index is 11.1. The van der Waals surface area contributed by atoms with Gasteiger partial charge in [-0.3, -0.25) is 4.79 Å². The molecule has 0 aliphatic heterocycles. The van der Waals surface area contributed by atoms with Crippen LogP contribution in [0.15, 0.2) is 5.16 Å². The highest BCUT2D eigenvalue weighted by Crippen LogP contribution is 2.14. The van der Waals surface area contributed by atoms with Gasteiger partial charge in [-0.15, -0.1) is 5.10 Å². The van der Waals surface area contributed by atoms with Crippen molar-refractivity contribution in [1.29, 1.82) is 0 Å². The van der Waals surface area contributed by atoms with Crippen molar-refractivity contribution < 1.29 is 14.3 Å². The van der Waals surface area contributed by atoms with Crippen LogP contribution in [-0.4, -0.2) is 52.3 Å². The van der Waals surface area contributed by atoms with Gasteiger partial charge in [-0.1, -0.05) is 11.8 Å². The highest BCUT2D eigenvalue weighted by Gasteiger charge is 2.10. The molecule has 7 nitrogen and oxygen atoms in total. The summed E-state index contributed by atoms with van der Waals surface area (Å²) in [5.41, 5.74) is 0. The van der Waals surface area contributed by atoms with E-state index in [9.17, 15) is 4.79 Å². The minimum absolute atomic E-state index is 0.0390. The molecular weight excluding hydrogens is 244 g/mol. The number of rotatable bonds is 8. The van der Waals surface area contributed by atoms with Gasteiger partial charge < -0.3 is 9.47 Å². The Labute approximate surface area is 104 Å². The molecule has 0 atom stereocenters. The van der Waals surface area contributed by atoms with Crippen LogP contribution in [0.4, 0.5) is 0 Å². The lowest BCUT2D eigenvalue weighted by Gasteiger charge is -2.03. The number of ether oxygens (including phenoxy) is 2. The Kier molecular flexibility index (Phi) is 6.56. The van der Waals surface area contributed by atoms with E-state index in [1.807, 2.05) is 6.92 Å². The van der Waals surface area contributed by atoms with Crippen molar-refractivity contribution >= 4 is 17.7 Å². The number of aromatic nitrogens is 4. The van der Waals surface area contributed by atoms with E-state index in [0.29, 0.717) is 5.16 Å². The van der Waals surface area contributed by atoms with Crippen LogP contribution >= 0.6 is 11.8 Å². The summed E-state index contributed by atoms with van der Waals surface area (Å²) in [6.07, 6.45) is 0.920. The summed E-state index contributed by atoms with van der Waals surface area (Å²) >= 11 is 1.50. The first kappa shape index (κ1) is 13.9. The normalized spacial score (nSPS) is 10.5. The van der Waals surface area contributed by atoms with Gasteiger partial charge in [0.05, 0.1) is 7.11 Å². The molecule has 8 heteroatoms. The fourth-order valence-corrected chi connectivity index (χ4v) is 1.84. The molecular formula is C9H16N4O3S. The molecule has 0 saturated carbocycles. The number of carbonyl (C=O) groups excluding carboxylic acids is 1. The minimum atomic E-state index is -0.367. The smallest absolute Gasteiger partial charge is 0.327 e. The van der Waals surface area contributed by atoms with E-state index in [4.69, 9.17) is 4.74 Å². The van der Waals surface area contributed by atoms with E-state index >= 15 is 0 Å². The molecule has 0 aromatic carbocycles. The zero-order valence-electron chi connectivity index (χ0n) is 9.96. The zero-order chi connectivity index (χ0) is 12.5. The van der Waals surface area contributed by atoms with Crippen LogP contribution in [0.25, 0.3) is 0 Å². The Bertz CT molecular complexity index is 345. The van der Waals surface area contributed by atoms with Crippen LogP contribution in [0.1, 0.15) is 13.3 Å². The molecule has 0 radical (unpaired) electrons. The van der Waals surface area contributed by atoms with Crippen molar-refractivity contribution in [3.63, 3.8) is 0 Å². The summed E-state index contributed by atoms with van der Waals surface area (Å²) in [5.74, 6) is 0.482. The molecule has 0 aliphatic carbocycles. The summed E-state index contributed by atoms with van der Waals surface area (Å²) in [7, 11) is 1.33. The van der Waals surface area contributed by atoms with Gasteiger partial charge in [0.25, 0.3) is 0 Å². The topological polar surface area (TPSA) is 79.1 Å². The van der Waals surface area contributed by atoms with Crippen LogP contribution in [0.3, 0.4) is 0 Å². The second kappa shape index (κ2) is 8.02. The number of carbonyl (C=O) groups is 1. The van der Waals surface area contributed by atoms with E-state index < -0.39 is 0 Å². The largest absolute Gasteiger partial charge is 0.468 e. The predicted octanol–water partition coefficient (Wildman–Crippen LogP) is 0.365. The molecule has 96 valence electrons. The van der Waals surface area contributed by atoms with Gasteiger partial charge in [0.15, 0.2) is 0 Å². The molecule has 0 N–H and O–H groups in total. The third-order valence-electron chi connectivity index (χ3n) is 1.87. The summed E-state index contributed by atoms with van der Waals surface area (Å²) in [4.78, 5) is 11.1. The monoisotopic (exact) mass is 260 g/mol. The van der Waals surface area contributed by atoms with Gasteiger partial charge >= 0.3 is 5.97 Å². The fourth-order valence-electron chi connectivity index (χ4n) is 1.05. The summed E-state index contributed by atoms with van der Waals surface area (Å²) in [5, 5.41) is 11.7. The molecule has 0 aliphatic rings. The lowest BCUT2D eigenvalue weighted by atomic mass is 10.5. The summed E-state index contributed by atoms with van der Waals surface area (Å²) in [6.45, 7) is 3.45. The van der Waals surface area contributed by atoms with Crippen molar-refractivity contribution in [2.45, 2.75) is 25.0 Å². The quantitative estimate of drug-likeness (QED) is 0.379. The van der Waals surface area contributed by atoms with Crippen LogP contribution < -0.4 is 0 Å².